The van der Waals surface area contributed by atoms with Gasteiger partial charge in [-0.05, 0) is 19.1 Å². The number of hydrogen-bond acceptors (Lipinski definition) is 5. The molecule has 7 nitrogen and oxygen atoms in total. The molecule has 2 aromatic rings. The molecule has 0 saturated carbocycles. The molecule has 4 N–H and O–H groups in total. The van der Waals surface area contributed by atoms with Crippen molar-refractivity contribution in [1.82, 2.24) is 10.2 Å². The van der Waals surface area contributed by atoms with Gasteiger partial charge in [0.1, 0.15) is 10.6 Å². The van der Waals surface area contributed by atoms with Gasteiger partial charge in [0.15, 0.2) is 0 Å². The normalized spacial score (nSPS) is 11.3. The number of methoxy groups -OCH3 is 1. The molecule has 0 unspecified atom stereocenters. The molecule has 1 aromatic heterocycles. The number of benzene rings is 1. The summed E-state index contributed by atoms with van der Waals surface area (Å²) in [5, 5.41) is 6.27. The fourth-order valence-electron chi connectivity index (χ4n) is 1.60. The number of sulfonamides is 1. The van der Waals surface area contributed by atoms with Crippen molar-refractivity contribution >= 4 is 21.4 Å². The van der Waals surface area contributed by atoms with E-state index in [1.54, 1.807) is 25.1 Å². The van der Waals surface area contributed by atoms with E-state index in [9.17, 15) is 8.42 Å². The van der Waals surface area contributed by atoms with Crippen LogP contribution in [0.25, 0.3) is 0 Å². The van der Waals surface area contributed by atoms with Gasteiger partial charge in [-0.15, -0.1) is 0 Å². The molecule has 0 aliphatic rings. The van der Waals surface area contributed by atoms with Gasteiger partial charge in [-0.2, -0.15) is 5.10 Å². The Bertz CT molecular complexity index is 694. The van der Waals surface area contributed by atoms with E-state index in [2.05, 4.69) is 14.9 Å². The number of hydrogen-bond donors (Lipinski definition) is 3. The zero-order valence-corrected chi connectivity index (χ0v) is 11.3. The highest BCUT2D eigenvalue weighted by atomic mass is 32.2. The number of aromatic nitrogens is 2. The zero-order valence-electron chi connectivity index (χ0n) is 10.5. The van der Waals surface area contributed by atoms with Crippen LogP contribution in [0.2, 0.25) is 0 Å². The number of nitrogens with one attached hydrogen (secondary N) is 2. The fraction of sp³-hybridized carbons (Fsp3) is 0.182. The molecule has 102 valence electrons. The Balaban J connectivity index is 2.39. The molecule has 1 aromatic carbocycles. The number of aromatic amines is 1. The molecule has 0 fully saturated rings. The molecule has 1 heterocycles. The van der Waals surface area contributed by atoms with E-state index in [0.717, 1.165) is 0 Å². The quantitative estimate of drug-likeness (QED) is 0.728. The summed E-state index contributed by atoms with van der Waals surface area (Å²) < 4.78 is 31.9. The summed E-state index contributed by atoms with van der Waals surface area (Å²) in [5.74, 6) is 0.352. The summed E-state index contributed by atoms with van der Waals surface area (Å²) >= 11 is 0. The van der Waals surface area contributed by atoms with Gasteiger partial charge in [-0.3, -0.25) is 9.82 Å². The van der Waals surface area contributed by atoms with Gasteiger partial charge in [0, 0.05) is 11.8 Å². The summed E-state index contributed by atoms with van der Waals surface area (Å²) in [7, 11) is -2.27. The van der Waals surface area contributed by atoms with Crippen molar-refractivity contribution in [2.24, 2.45) is 0 Å². The Morgan fingerprint density at radius 2 is 2.16 bits per heavy atom. The van der Waals surface area contributed by atoms with Crippen LogP contribution < -0.4 is 15.2 Å². The second kappa shape index (κ2) is 4.81. The van der Waals surface area contributed by atoms with Crippen LogP contribution in [0.3, 0.4) is 0 Å². The van der Waals surface area contributed by atoms with Crippen LogP contribution in [0.1, 0.15) is 5.69 Å². The largest absolute Gasteiger partial charge is 0.494 e. The third-order valence-electron chi connectivity index (χ3n) is 2.54. The summed E-state index contributed by atoms with van der Waals surface area (Å²) in [5.41, 5.74) is 6.88. The SMILES string of the molecule is COc1cc(N)ccc1NS(=O)(=O)c1cn[nH]c1C. The summed E-state index contributed by atoms with van der Waals surface area (Å²) in [4.78, 5) is 0.0892. The zero-order chi connectivity index (χ0) is 14.0. The van der Waals surface area contributed by atoms with Crippen molar-refractivity contribution in [3.8, 4) is 5.75 Å². The molecule has 0 aliphatic carbocycles. The number of nitrogens with two attached hydrogens (primary N) is 1. The lowest BCUT2D eigenvalue weighted by Crippen LogP contribution is -2.14. The minimum absolute atomic E-state index is 0.0892. The van der Waals surface area contributed by atoms with E-state index < -0.39 is 10.0 Å². The molecule has 2 rings (SSSR count). The lowest BCUT2D eigenvalue weighted by atomic mass is 10.2. The summed E-state index contributed by atoms with van der Waals surface area (Å²) in [6, 6.07) is 4.67. The van der Waals surface area contributed by atoms with Crippen molar-refractivity contribution in [3.05, 3.63) is 30.1 Å². The van der Waals surface area contributed by atoms with E-state index in [0.29, 0.717) is 22.8 Å². The highest BCUT2D eigenvalue weighted by Crippen LogP contribution is 2.29. The van der Waals surface area contributed by atoms with Crippen molar-refractivity contribution < 1.29 is 13.2 Å². The lowest BCUT2D eigenvalue weighted by Gasteiger charge is -2.11. The Morgan fingerprint density at radius 3 is 2.74 bits per heavy atom. The van der Waals surface area contributed by atoms with Gasteiger partial charge in [-0.25, -0.2) is 8.42 Å². The predicted octanol–water partition coefficient (Wildman–Crippen LogP) is 1.11. The third kappa shape index (κ3) is 2.63. The van der Waals surface area contributed by atoms with Crippen LogP contribution in [0, 0.1) is 6.92 Å². The van der Waals surface area contributed by atoms with Gasteiger partial charge in [0.25, 0.3) is 10.0 Å². The molecule has 19 heavy (non-hydrogen) atoms. The molecular formula is C11H14N4O3S. The molecule has 0 radical (unpaired) electrons. The molecule has 0 bridgehead atoms. The number of H-pyrrole nitrogens is 1. The first-order valence-corrected chi connectivity index (χ1v) is 6.88. The number of nitrogens with zero attached hydrogens (tertiary/aromatic N) is 1. The monoisotopic (exact) mass is 282 g/mol. The van der Waals surface area contributed by atoms with Crippen molar-refractivity contribution in [2.75, 3.05) is 17.6 Å². The maximum absolute atomic E-state index is 12.2. The Labute approximate surface area is 110 Å². The first kappa shape index (κ1) is 13.2. The van der Waals surface area contributed by atoms with Gasteiger partial charge in [-0.1, -0.05) is 0 Å². The smallest absolute Gasteiger partial charge is 0.265 e. The van der Waals surface area contributed by atoms with Crippen LogP contribution in [0.5, 0.6) is 5.75 Å². The average Bonchev–Trinajstić information content (AvgIpc) is 2.78. The van der Waals surface area contributed by atoms with E-state index >= 15 is 0 Å². The average molecular weight is 282 g/mol. The summed E-state index contributed by atoms with van der Waals surface area (Å²) in [6.07, 6.45) is 1.25. The van der Waals surface area contributed by atoms with E-state index in [4.69, 9.17) is 10.5 Å². The Hall–Kier alpha value is -2.22. The number of rotatable bonds is 4. The molecule has 0 aliphatic heterocycles. The van der Waals surface area contributed by atoms with Crippen LogP contribution in [0.4, 0.5) is 11.4 Å². The lowest BCUT2D eigenvalue weighted by molar-refractivity contribution is 0.417. The second-order valence-corrected chi connectivity index (χ2v) is 5.58. The maximum Gasteiger partial charge on any atom is 0.265 e. The van der Waals surface area contributed by atoms with Crippen LogP contribution in [-0.2, 0) is 10.0 Å². The van der Waals surface area contributed by atoms with Gasteiger partial charge in [0.05, 0.1) is 24.7 Å². The Kier molecular flexibility index (Phi) is 3.34. The third-order valence-corrected chi connectivity index (χ3v) is 4.02. The Morgan fingerprint density at radius 1 is 1.42 bits per heavy atom. The van der Waals surface area contributed by atoms with Crippen molar-refractivity contribution in [1.29, 1.82) is 0 Å². The van der Waals surface area contributed by atoms with Crippen LogP contribution in [-0.4, -0.2) is 25.7 Å². The fourth-order valence-corrected chi connectivity index (χ4v) is 2.81. The number of anilines is 2. The predicted molar refractivity (Wildman–Crippen MR) is 71.5 cm³/mol. The highest BCUT2D eigenvalue weighted by Gasteiger charge is 2.20. The minimum atomic E-state index is -3.71. The minimum Gasteiger partial charge on any atom is -0.494 e. The molecule has 8 heteroatoms. The highest BCUT2D eigenvalue weighted by molar-refractivity contribution is 7.92. The van der Waals surface area contributed by atoms with Crippen molar-refractivity contribution in [3.63, 3.8) is 0 Å². The topological polar surface area (TPSA) is 110 Å². The first-order valence-electron chi connectivity index (χ1n) is 5.40. The van der Waals surface area contributed by atoms with Gasteiger partial charge in [0.2, 0.25) is 0 Å². The van der Waals surface area contributed by atoms with Crippen LogP contribution in [0.15, 0.2) is 29.3 Å². The van der Waals surface area contributed by atoms with Gasteiger partial charge < -0.3 is 10.5 Å². The first-order chi connectivity index (χ1) is 8.94. The molecule has 0 saturated heterocycles. The number of nitrogen functional groups attached to an aromatic ring is 1. The number of aryl methyl sites for hydroxylation is 1. The molecular weight excluding hydrogens is 268 g/mol. The van der Waals surface area contributed by atoms with E-state index in [1.165, 1.54) is 13.3 Å². The number of ether oxygens (including phenoxy) is 1. The molecule has 0 atom stereocenters. The van der Waals surface area contributed by atoms with E-state index in [-0.39, 0.29) is 4.90 Å². The molecule has 0 spiro atoms. The summed E-state index contributed by atoms with van der Waals surface area (Å²) in [6.45, 7) is 1.63. The maximum atomic E-state index is 12.2. The standard InChI is InChI=1S/C11H14N4O3S/c1-7-11(6-13-14-7)19(16,17)15-9-4-3-8(12)5-10(9)18-2/h3-6,15H,12H2,1-2H3,(H,13,14). The van der Waals surface area contributed by atoms with Crippen LogP contribution >= 0.6 is 0 Å². The second-order valence-electron chi connectivity index (χ2n) is 3.92. The van der Waals surface area contributed by atoms with Crippen molar-refractivity contribution in [2.45, 2.75) is 11.8 Å². The molecule has 0 amide bonds. The van der Waals surface area contributed by atoms with E-state index in [1.807, 2.05) is 0 Å². The van der Waals surface area contributed by atoms with Gasteiger partial charge >= 0.3 is 0 Å².